The molecule has 1 saturated heterocycles. The standard InChI is InChI=1S/C11H14F3N3/c1-10(3-5-15-7-10)17-9-6-8(2-4-16-9)11(12,13)14/h2,4,6,15H,3,5,7H2,1H3,(H,16,17). The minimum Gasteiger partial charge on any atom is -0.364 e. The van der Waals surface area contributed by atoms with Gasteiger partial charge in [0.15, 0.2) is 0 Å². The van der Waals surface area contributed by atoms with Crippen molar-refractivity contribution >= 4 is 5.82 Å². The molecule has 1 fully saturated rings. The summed E-state index contributed by atoms with van der Waals surface area (Å²) in [6.45, 7) is 3.56. The van der Waals surface area contributed by atoms with Crippen molar-refractivity contribution in [3.63, 3.8) is 0 Å². The van der Waals surface area contributed by atoms with E-state index in [1.54, 1.807) is 0 Å². The Kier molecular flexibility index (Phi) is 2.99. The van der Waals surface area contributed by atoms with Crippen LogP contribution in [0.3, 0.4) is 0 Å². The van der Waals surface area contributed by atoms with Gasteiger partial charge in [0.25, 0.3) is 0 Å². The summed E-state index contributed by atoms with van der Waals surface area (Å²) in [5.74, 6) is 0.269. The fourth-order valence-corrected chi connectivity index (χ4v) is 1.91. The van der Waals surface area contributed by atoms with Crippen molar-refractivity contribution in [1.29, 1.82) is 0 Å². The lowest BCUT2D eigenvalue weighted by Crippen LogP contribution is -2.37. The number of hydrogen-bond acceptors (Lipinski definition) is 3. The van der Waals surface area contributed by atoms with Gasteiger partial charge < -0.3 is 10.6 Å². The van der Waals surface area contributed by atoms with Crippen LogP contribution >= 0.6 is 0 Å². The predicted molar refractivity (Wildman–Crippen MR) is 58.8 cm³/mol. The van der Waals surface area contributed by atoms with Gasteiger partial charge in [-0.25, -0.2) is 4.98 Å². The van der Waals surface area contributed by atoms with Crippen LogP contribution in [0.1, 0.15) is 18.9 Å². The molecule has 6 heteroatoms. The van der Waals surface area contributed by atoms with Crippen LogP contribution in [-0.4, -0.2) is 23.6 Å². The highest BCUT2D eigenvalue weighted by atomic mass is 19.4. The van der Waals surface area contributed by atoms with Crippen molar-refractivity contribution in [2.45, 2.75) is 25.1 Å². The summed E-state index contributed by atoms with van der Waals surface area (Å²) in [5, 5.41) is 6.22. The van der Waals surface area contributed by atoms with Crippen LogP contribution in [0.4, 0.5) is 19.0 Å². The highest BCUT2D eigenvalue weighted by Gasteiger charge is 2.32. The Morgan fingerprint density at radius 1 is 1.47 bits per heavy atom. The number of rotatable bonds is 2. The highest BCUT2D eigenvalue weighted by molar-refractivity contribution is 5.41. The van der Waals surface area contributed by atoms with E-state index in [1.807, 2.05) is 6.92 Å². The molecule has 0 aromatic carbocycles. The van der Waals surface area contributed by atoms with Crippen LogP contribution in [0.15, 0.2) is 18.3 Å². The lowest BCUT2D eigenvalue weighted by atomic mass is 10.0. The molecule has 0 aliphatic carbocycles. The number of anilines is 1. The van der Waals surface area contributed by atoms with Crippen LogP contribution in [0.25, 0.3) is 0 Å². The molecule has 17 heavy (non-hydrogen) atoms. The number of nitrogens with zero attached hydrogens (tertiary/aromatic N) is 1. The summed E-state index contributed by atoms with van der Waals surface area (Å²) >= 11 is 0. The van der Waals surface area contributed by atoms with Gasteiger partial charge in [0.1, 0.15) is 5.82 Å². The quantitative estimate of drug-likeness (QED) is 0.839. The van der Waals surface area contributed by atoms with Crippen molar-refractivity contribution in [3.05, 3.63) is 23.9 Å². The third kappa shape index (κ3) is 2.88. The minimum atomic E-state index is -4.33. The molecule has 1 aromatic heterocycles. The number of halogens is 3. The molecule has 0 radical (unpaired) electrons. The maximum Gasteiger partial charge on any atom is 0.416 e. The van der Waals surface area contributed by atoms with Crippen molar-refractivity contribution in [1.82, 2.24) is 10.3 Å². The molecule has 94 valence electrons. The maximum atomic E-state index is 12.5. The van der Waals surface area contributed by atoms with Crippen LogP contribution in [0.2, 0.25) is 0 Å². The first-order chi connectivity index (χ1) is 7.89. The monoisotopic (exact) mass is 245 g/mol. The summed E-state index contributed by atoms with van der Waals surface area (Å²) in [4.78, 5) is 3.92. The third-order valence-electron chi connectivity index (χ3n) is 2.89. The first-order valence-corrected chi connectivity index (χ1v) is 5.41. The van der Waals surface area contributed by atoms with Gasteiger partial charge in [-0.1, -0.05) is 0 Å². The van der Waals surface area contributed by atoms with Gasteiger partial charge in [0.05, 0.1) is 5.56 Å². The van der Waals surface area contributed by atoms with E-state index >= 15 is 0 Å². The van der Waals surface area contributed by atoms with Crippen molar-refractivity contribution < 1.29 is 13.2 Å². The normalized spacial score (nSPS) is 24.9. The van der Waals surface area contributed by atoms with E-state index in [-0.39, 0.29) is 11.4 Å². The van der Waals surface area contributed by atoms with Gasteiger partial charge in [-0.3, -0.25) is 0 Å². The van der Waals surface area contributed by atoms with Crippen molar-refractivity contribution in [3.8, 4) is 0 Å². The average Bonchev–Trinajstić information content (AvgIpc) is 2.64. The summed E-state index contributed by atoms with van der Waals surface area (Å²) < 4.78 is 37.5. The minimum absolute atomic E-state index is 0.225. The molecule has 2 N–H and O–H groups in total. The Labute approximate surface area is 97.4 Å². The Bertz CT molecular complexity index is 397. The van der Waals surface area contributed by atoms with Crippen LogP contribution in [-0.2, 0) is 6.18 Å². The zero-order valence-corrected chi connectivity index (χ0v) is 9.43. The molecule has 0 amide bonds. The van der Waals surface area contributed by atoms with E-state index < -0.39 is 11.7 Å². The molecule has 1 unspecified atom stereocenters. The second-order valence-electron chi connectivity index (χ2n) is 4.54. The molecule has 3 nitrogen and oxygen atoms in total. The smallest absolute Gasteiger partial charge is 0.364 e. The number of hydrogen-bond donors (Lipinski definition) is 2. The van der Waals surface area contributed by atoms with Crippen LogP contribution < -0.4 is 10.6 Å². The first-order valence-electron chi connectivity index (χ1n) is 5.41. The number of alkyl halides is 3. The van der Waals surface area contributed by atoms with Gasteiger partial charge in [-0.15, -0.1) is 0 Å². The number of nitrogens with one attached hydrogen (secondary N) is 2. The summed E-state index contributed by atoms with van der Waals surface area (Å²) in [6.07, 6.45) is -2.28. The van der Waals surface area contributed by atoms with Crippen LogP contribution in [0, 0.1) is 0 Å². The fraction of sp³-hybridized carbons (Fsp3) is 0.545. The lowest BCUT2D eigenvalue weighted by molar-refractivity contribution is -0.137. The summed E-state index contributed by atoms with van der Waals surface area (Å²) in [7, 11) is 0. The molecule has 1 aromatic rings. The summed E-state index contributed by atoms with van der Waals surface area (Å²) in [6, 6.07) is 2.02. The Hall–Kier alpha value is -1.30. The van der Waals surface area contributed by atoms with E-state index in [4.69, 9.17) is 0 Å². The Morgan fingerprint density at radius 3 is 2.82 bits per heavy atom. The zero-order chi connectivity index (χ0) is 12.5. The van der Waals surface area contributed by atoms with E-state index in [9.17, 15) is 13.2 Å². The predicted octanol–water partition coefficient (Wildman–Crippen LogP) is 2.26. The van der Waals surface area contributed by atoms with Gasteiger partial charge in [0.2, 0.25) is 0 Å². The molecule has 1 aliphatic rings. The first kappa shape index (κ1) is 12.2. The van der Waals surface area contributed by atoms with E-state index in [2.05, 4.69) is 15.6 Å². The Balaban J connectivity index is 2.17. The van der Waals surface area contributed by atoms with Gasteiger partial charge in [-0.05, 0) is 32.0 Å². The van der Waals surface area contributed by atoms with Gasteiger partial charge in [-0.2, -0.15) is 13.2 Å². The van der Waals surface area contributed by atoms with E-state index in [0.29, 0.717) is 0 Å². The largest absolute Gasteiger partial charge is 0.416 e. The van der Waals surface area contributed by atoms with Gasteiger partial charge >= 0.3 is 6.18 Å². The number of pyridine rings is 1. The average molecular weight is 245 g/mol. The van der Waals surface area contributed by atoms with Gasteiger partial charge in [0, 0.05) is 18.3 Å². The second kappa shape index (κ2) is 4.18. The van der Waals surface area contributed by atoms with Crippen LogP contribution in [0.5, 0.6) is 0 Å². The maximum absolute atomic E-state index is 12.5. The molecule has 2 heterocycles. The molecule has 0 spiro atoms. The van der Waals surface area contributed by atoms with E-state index in [0.717, 1.165) is 31.6 Å². The highest BCUT2D eigenvalue weighted by Crippen LogP contribution is 2.30. The topological polar surface area (TPSA) is 37.0 Å². The van der Waals surface area contributed by atoms with Crippen molar-refractivity contribution in [2.75, 3.05) is 18.4 Å². The SMILES string of the molecule is CC1(Nc2cc(C(F)(F)F)ccn2)CCNC1. The molecule has 0 bridgehead atoms. The number of aromatic nitrogens is 1. The Morgan fingerprint density at radius 2 is 2.24 bits per heavy atom. The molecule has 0 saturated carbocycles. The molecule has 2 rings (SSSR count). The molecule has 1 aliphatic heterocycles. The molecule has 1 atom stereocenters. The zero-order valence-electron chi connectivity index (χ0n) is 9.43. The third-order valence-corrected chi connectivity index (χ3v) is 2.89. The second-order valence-corrected chi connectivity index (χ2v) is 4.54. The van der Waals surface area contributed by atoms with Crippen molar-refractivity contribution in [2.24, 2.45) is 0 Å². The summed E-state index contributed by atoms with van der Waals surface area (Å²) in [5.41, 5.74) is -0.901. The fourth-order valence-electron chi connectivity index (χ4n) is 1.91. The molecular weight excluding hydrogens is 231 g/mol. The lowest BCUT2D eigenvalue weighted by Gasteiger charge is -2.25. The molecular formula is C11H14F3N3. The van der Waals surface area contributed by atoms with E-state index in [1.165, 1.54) is 6.20 Å².